The first kappa shape index (κ1) is 32.0. The Balaban J connectivity index is 1.04. The molecule has 6 rings (SSSR count). The molecule has 246 valence electrons. The van der Waals surface area contributed by atoms with Crippen molar-refractivity contribution in [2.75, 3.05) is 51.3 Å². The van der Waals surface area contributed by atoms with Crippen LogP contribution in [0.15, 0.2) is 30.7 Å². The van der Waals surface area contributed by atoms with Crippen molar-refractivity contribution >= 4 is 21.9 Å². The minimum absolute atomic E-state index is 0.00487. The van der Waals surface area contributed by atoms with E-state index in [1.165, 1.54) is 31.6 Å². The molecule has 4 fully saturated rings. The number of benzene rings is 1. The summed E-state index contributed by atoms with van der Waals surface area (Å²) in [7, 11) is -2.08. The Labute approximate surface area is 264 Å². The molecule has 1 aromatic heterocycles. The first-order chi connectivity index (χ1) is 21.5. The second-order valence-corrected chi connectivity index (χ2v) is 14.9. The highest BCUT2D eigenvalue weighted by molar-refractivity contribution is 7.87. The van der Waals surface area contributed by atoms with E-state index in [0.29, 0.717) is 23.9 Å². The zero-order chi connectivity index (χ0) is 31.8. The van der Waals surface area contributed by atoms with E-state index in [-0.39, 0.29) is 41.1 Å². The predicted molar refractivity (Wildman–Crippen MR) is 167 cm³/mol. The molecule has 1 spiro atoms. The van der Waals surface area contributed by atoms with Crippen LogP contribution < -0.4 is 19.1 Å². The lowest BCUT2D eigenvalue weighted by atomic mass is 9.72. The van der Waals surface area contributed by atoms with Crippen LogP contribution in [0.2, 0.25) is 0 Å². The third kappa shape index (κ3) is 7.40. The highest BCUT2D eigenvalue weighted by Crippen LogP contribution is 2.45. The fourth-order valence-electron chi connectivity index (χ4n) is 6.86. The minimum atomic E-state index is -3.47. The topological polar surface area (TPSA) is 129 Å². The number of likely N-dealkylation sites (tertiary alicyclic amines) is 1. The normalized spacial score (nSPS) is 23.6. The van der Waals surface area contributed by atoms with Gasteiger partial charge in [-0.2, -0.15) is 13.1 Å². The molecule has 4 aliphatic rings. The molecule has 1 aliphatic carbocycles. The van der Waals surface area contributed by atoms with E-state index in [9.17, 15) is 17.6 Å². The van der Waals surface area contributed by atoms with Crippen molar-refractivity contribution < 1.29 is 27.1 Å². The molecular formula is C31H44FN7O5S. The molecule has 1 aromatic carbocycles. The van der Waals surface area contributed by atoms with Crippen LogP contribution in [0, 0.1) is 11.2 Å². The smallest absolute Gasteiger partial charge is 0.276 e. The van der Waals surface area contributed by atoms with Crippen LogP contribution in [-0.2, 0) is 14.9 Å². The third-order valence-electron chi connectivity index (χ3n) is 9.47. The van der Waals surface area contributed by atoms with Crippen molar-refractivity contribution in [2.45, 2.75) is 76.6 Å². The van der Waals surface area contributed by atoms with Crippen LogP contribution in [0.1, 0.15) is 62.7 Å². The van der Waals surface area contributed by atoms with Gasteiger partial charge in [0.2, 0.25) is 0 Å². The number of amides is 1. The van der Waals surface area contributed by atoms with Gasteiger partial charge in [-0.1, -0.05) is 0 Å². The first-order valence-corrected chi connectivity index (χ1v) is 17.4. The Hall–Kier alpha value is -2.91. The number of ether oxygens (including phenoxy) is 2. The molecule has 3 saturated heterocycles. The molecular weight excluding hydrogens is 601 g/mol. The van der Waals surface area contributed by atoms with E-state index in [0.717, 1.165) is 71.2 Å². The quantitative estimate of drug-likeness (QED) is 0.379. The van der Waals surface area contributed by atoms with E-state index in [1.54, 1.807) is 6.20 Å². The highest BCUT2D eigenvalue weighted by Gasteiger charge is 2.46. The van der Waals surface area contributed by atoms with E-state index in [1.807, 2.05) is 18.7 Å². The number of nitrogens with zero attached hydrogens (tertiary/aromatic N) is 5. The van der Waals surface area contributed by atoms with Crippen molar-refractivity contribution in [3.05, 3.63) is 42.1 Å². The summed E-state index contributed by atoms with van der Waals surface area (Å²) in [5.74, 6) is 0.692. The summed E-state index contributed by atoms with van der Waals surface area (Å²) in [5, 5.41) is 0. The van der Waals surface area contributed by atoms with Crippen molar-refractivity contribution in [1.29, 1.82) is 0 Å². The zero-order valence-electron chi connectivity index (χ0n) is 26.2. The number of hydrogen-bond acceptors (Lipinski definition) is 9. The van der Waals surface area contributed by atoms with Crippen LogP contribution in [-0.4, -0.2) is 105 Å². The van der Waals surface area contributed by atoms with Crippen LogP contribution in [0.4, 0.5) is 10.2 Å². The number of carbonyl (C=O) groups is 1. The van der Waals surface area contributed by atoms with Crippen molar-refractivity contribution in [2.24, 2.45) is 5.41 Å². The molecule has 3 aliphatic heterocycles. The summed E-state index contributed by atoms with van der Waals surface area (Å²) >= 11 is 0. The molecule has 2 N–H and O–H groups in total. The van der Waals surface area contributed by atoms with Gasteiger partial charge >= 0.3 is 0 Å². The monoisotopic (exact) mass is 645 g/mol. The molecule has 1 amide bonds. The third-order valence-corrected chi connectivity index (χ3v) is 10.7. The number of aromatic nitrogens is 2. The molecule has 0 unspecified atom stereocenters. The second kappa shape index (κ2) is 13.1. The molecule has 45 heavy (non-hydrogen) atoms. The molecule has 4 heterocycles. The average Bonchev–Trinajstić information content (AvgIpc) is 3.83. The number of piperidine rings is 1. The molecule has 2 aromatic rings. The summed E-state index contributed by atoms with van der Waals surface area (Å²) in [5.41, 5.74) is 0.399. The Morgan fingerprint density at radius 3 is 2.58 bits per heavy atom. The molecule has 1 saturated carbocycles. The summed E-state index contributed by atoms with van der Waals surface area (Å²) < 4.78 is 55.1. The zero-order valence-corrected chi connectivity index (χ0v) is 27.1. The maximum Gasteiger partial charge on any atom is 0.276 e. The van der Waals surface area contributed by atoms with Gasteiger partial charge in [0.1, 0.15) is 17.9 Å². The van der Waals surface area contributed by atoms with Gasteiger partial charge in [0.15, 0.2) is 11.6 Å². The highest BCUT2D eigenvalue weighted by atomic mass is 32.2. The maximum atomic E-state index is 14.3. The fourth-order valence-corrected chi connectivity index (χ4v) is 7.60. The van der Waals surface area contributed by atoms with Gasteiger partial charge in [0.05, 0.1) is 24.5 Å². The van der Waals surface area contributed by atoms with Gasteiger partial charge < -0.3 is 24.2 Å². The SMILES string of the molecule is CNS(=O)(=O)N[C@H]1CC[C@H](CN2CCC3(CC2)CN(c2ncncc2Oc2ccc(F)cc2C(=O)N(C(C)C)C2CC2)C3)OC1. The lowest BCUT2D eigenvalue weighted by molar-refractivity contribution is -0.0299. The predicted octanol–water partition coefficient (Wildman–Crippen LogP) is 2.92. The summed E-state index contributed by atoms with van der Waals surface area (Å²) in [6, 6.07) is 4.05. The Morgan fingerprint density at radius 2 is 1.93 bits per heavy atom. The number of carbonyl (C=O) groups excluding carboxylic acids is 1. The molecule has 2 atom stereocenters. The number of rotatable bonds is 11. The maximum absolute atomic E-state index is 14.3. The van der Waals surface area contributed by atoms with E-state index in [2.05, 4.69) is 29.2 Å². The van der Waals surface area contributed by atoms with Gasteiger partial charge in [0, 0.05) is 50.2 Å². The summed E-state index contributed by atoms with van der Waals surface area (Å²) in [6.07, 6.45) is 8.82. The van der Waals surface area contributed by atoms with E-state index < -0.39 is 16.0 Å². The number of hydrogen-bond donors (Lipinski definition) is 2. The van der Waals surface area contributed by atoms with Crippen LogP contribution >= 0.6 is 0 Å². The lowest BCUT2D eigenvalue weighted by Gasteiger charge is -2.54. The van der Waals surface area contributed by atoms with Crippen LogP contribution in [0.5, 0.6) is 11.5 Å². The largest absolute Gasteiger partial charge is 0.451 e. The van der Waals surface area contributed by atoms with Gasteiger partial charge in [-0.3, -0.25) is 4.79 Å². The van der Waals surface area contributed by atoms with Gasteiger partial charge in [-0.15, -0.1) is 0 Å². The molecule has 12 nitrogen and oxygen atoms in total. The van der Waals surface area contributed by atoms with E-state index in [4.69, 9.17) is 9.47 Å². The molecule has 0 radical (unpaired) electrons. The fraction of sp³-hybridized carbons (Fsp3) is 0.645. The number of halogens is 1. The Morgan fingerprint density at radius 1 is 1.18 bits per heavy atom. The van der Waals surface area contributed by atoms with Crippen molar-refractivity contribution in [3.8, 4) is 11.5 Å². The Kier molecular flexibility index (Phi) is 9.31. The van der Waals surface area contributed by atoms with Gasteiger partial charge in [-0.05, 0) is 83.7 Å². The lowest BCUT2D eigenvalue weighted by Crippen LogP contribution is -2.61. The standard InChI is InChI=1S/C31H44FN7O5S/c1-21(2)39(24-6-7-24)30(40)26-14-22(32)4-9-27(26)44-28-15-34-20-35-29(28)38-18-31(19-38)10-12-37(13-11-31)16-25-8-5-23(17-43-25)36-45(41,42)33-3/h4,9,14-15,20-21,23-25,33,36H,5-8,10-13,16-19H2,1-3H3/t23-,25+/m0/s1. The molecule has 0 bridgehead atoms. The summed E-state index contributed by atoms with van der Waals surface area (Å²) in [4.78, 5) is 28.7. The minimum Gasteiger partial charge on any atom is -0.451 e. The van der Waals surface area contributed by atoms with Crippen molar-refractivity contribution in [3.63, 3.8) is 0 Å². The van der Waals surface area contributed by atoms with Gasteiger partial charge in [-0.25, -0.2) is 19.1 Å². The first-order valence-electron chi connectivity index (χ1n) is 15.9. The van der Waals surface area contributed by atoms with Crippen molar-refractivity contribution in [1.82, 2.24) is 29.2 Å². The number of nitrogens with one attached hydrogen (secondary N) is 2. The second-order valence-electron chi connectivity index (χ2n) is 13.2. The van der Waals surface area contributed by atoms with Gasteiger partial charge in [0.25, 0.3) is 16.1 Å². The average molecular weight is 646 g/mol. The number of anilines is 1. The Bertz CT molecular complexity index is 1460. The van der Waals surface area contributed by atoms with Crippen LogP contribution in [0.25, 0.3) is 0 Å². The molecule has 14 heteroatoms. The van der Waals surface area contributed by atoms with Crippen LogP contribution in [0.3, 0.4) is 0 Å². The summed E-state index contributed by atoms with van der Waals surface area (Å²) in [6.45, 7) is 8.83. The van der Waals surface area contributed by atoms with E-state index >= 15 is 0 Å².